The number of hydrogen-bond acceptors (Lipinski definition) is 1. The van der Waals surface area contributed by atoms with Crippen LogP contribution in [-0.4, -0.2) is 13.1 Å². The summed E-state index contributed by atoms with van der Waals surface area (Å²) in [4.78, 5) is 2.51. The van der Waals surface area contributed by atoms with Crippen LogP contribution in [0.5, 0.6) is 0 Å². The minimum Gasteiger partial charge on any atom is -0.372 e. The molecule has 1 heterocycles. The molecule has 0 aromatic heterocycles. The molecule has 1 fully saturated rings. The van der Waals surface area contributed by atoms with Gasteiger partial charge in [-0.3, -0.25) is 0 Å². The lowest BCUT2D eigenvalue weighted by molar-refractivity contribution is 0.325. The lowest BCUT2D eigenvalue weighted by Crippen LogP contribution is -2.24. The first-order valence-corrected chi connectivity index (χ1v) is 7.04. The summed E-state index contributed by atoms with van der Waals surface area (Å²) >= 11 is 5.81. The summed E-state index contributed by atoms with van der Waals surface area (Å²) in [5, 5.41) is 0. The van der Waals surface area contributed by atoms with Gasteiger partial charge < -0.3 is 4.90 Å². The molecule has 0 radical (unpaired) electrons. The summed E-state index contributed by atoms with van der Waals surface area (Å²) in [5.41, 5.74) is 3.05. The molecule has 0 atom stereocenters. The largest absolute Gasteiger partial charge is 0.372 e. The van der Waals surface area contributed by atoms with E-state index in [0.717, 1.165) is 0 Å². The Morgan fingerprint density at radius 2 is 1.82 bits per heavy atom. The highest BCUT2D eigenvalue weighted by atomic mass is 35.5. The number of benzene rings is 1. The summed E-state index contributed by atoms with van der Waals surface area (Å²) in [6, 6.07) is 8.68. The predicted molar refractivity (Wildman–Crippen MR) is 75.8 cm³/mol. The topological polar surface area (TPSA) is 3.24 Å². The third-order valence-electron chi connectivity index (χ3n) is 3.80. The van der Waals surface area contributed by atoms with Crippen molar-refractivity contribution in [1.29, 1.82) is 0 Å². The Labute approximate surface area is 110 Å². The van der Waals surface area contributed by atoms with Gasteiger partial charge in [-0.25, -0.2) is 0 Å². The van der Waals surface area contributed by atoms with E-state index in [1.807, 2.05) is 0 Å². The Bertz CT molecular complexity index is 356. The molecule has 0 saturated carbocycles. The van der Waals surface area contributed by atoms with Gasteiger partial charge >= 0.3 is 0 Å². The van der Waals surface area contributed by atoms with Gasteiger partial charge in [-0.05, 0) is 42.4 Å². The van der Waals surface area contributed by atoms with Crippen molar-refractivity contribution in [1.82, 2.24) is 0 Å². The molecule has 1 aliphatic heterocycles. The van der Waals surface area contributed by atoms with E-state index < -0.39 is 0 Å². The zero-order chi connectivity index (χ0) is 12.3. The Morgan fingerprint density at radius 1 is 1.12 bits per heavy atom. The molecular formula is C15H22ClN. The van der Waals surface area contributed by atoms with Gasteiger partial charge in [-0.2, -0.15) is 0 Å². The third kappa shape index (κ3) is 3.38. The van der Waals surface area contributed by atoms with Crippen LogP contribution in [0.1, 0.15) is 38.7 Å². The molecule has 0 aliphatic carbocycles. The fraction of sp³-hybridized carbons (Fsp3) is 0.600. The van der Waals surface area contributed by atoms with Crippen molar-refractivity contribution in [2.45, 2.75) is 39.0 Å². The molecule has 1 aliphatic rings. The van der Waals surface area contributed by atoms with Crippen LogP contribution in [0.3, 0.4) is 0 Å². The van der Waals surface area contributed by atoms with Crippen LogP contribution in [0.2, 0.25) is 0 Å². The summed E-state index contributed by atoms with van der Waals surface area (Å²) in [5.74, 6) is 0.604. The van der Waals surface area contributed by atoms with Crippen molar-refractivity contribution < 1.29 is 0 Å². The average Bonchev–Trinajstić information content (AvgIpc) is 2.50. The van der Waals surface area contributed by atoms with E-state index in [1.54, 1.807) is 0 Å². The van der Waals surface area contributed by atoms with Crippen LogP contribution >= 0.6 is 11.6 Å². The van der Waals surface area contributed by atoms with Crippen molar-refractivity contribution >= 4 is 17.3 Å². The summed E-state index contributed by atoms with van der Waals surface area (Å²) in [6.45, 7) is 7.12. The van der Waals surface area contributed by atoms with Crippen LogP contribution in [0.25, 0.3) is 0 Å². The van der Waals surface area contributed by atoms with Gasteiger partial charge in [0.25, 0.3) is 0 Å². The van der Waals surface area contributed by atoms with E-state index in [1.165, 1.54) is 43.6 Å². The zero-order valence-electron chi connectivity index (χ0n) is 10.9. The third-order valence-corrected chi connectivity index (χ3v) is 4.10. The normalized spacial score (nSPS) is 20.1. The number of anilines is 1. The highest BCUT2D eigenvalue weighted by molar-refractivity contribution is 6.17. The van der Waals surface area contributed by atoms with E-state index in [0.29, 0.717) is 11.3 Å². The fourth-order valence-electron chi connectivity index (χ4n) is 2.48. The van der Waals surface area contributed by atoms with Crippen molar-refractivity contribution in [3.05, 3.63) is 29.8 Å². The van der Waals surface area contributed by atoms with Gasteiger partial charge in [0.1, 0.15) is 0 Å². The lowest BCUT2D eigenvalue weighted by atomic mass is 9.85. The Morgan fingerprint density at radius 3 is 2.47 bits per heavy atom. The van der Waals surface area contributed by atoms with E-state index in [-0.39, 0.29) is 0 Å². The number of hydrogen-bond donors (Lipinski definition) is 0. The zero-order valence-corrected chi connectivity index (χ0v) is 11.6. The molecule has 0 unspecified atom stereocenters. The van der Waals surface area contributed by atoms with Gasteiger partial charge in [0, 0.05) is 24.7 Å². The Hall–Kier alpha value is -0.690. The summed E-state index contributed by atoms with van der Waals surface area (Å²) < 4.78 is 0. The van der Waals surface area contributed by atoms with Crippen molar-refractivity contribution in [3.8, 4) is 0 Å². The first kappa shape index (κ1) is 12.8. The van der Waals surface area contributed by atoms with E-state index in [2.05, 4.69) is 43.0 Å². The van der Waals surface area contributed by atoms with Gasteiger partial charge in [0.2, 0.25) is 0 Å². The minimum atomic E-state index is 0.505. The maximum Gasteiger partial charge on any atom is 0.0474 e. The molecule has 2 rings (SSSR count). The number of alkyl halides is 1. The molecule has 1 nitrogen and oxygen atoms in total. The van der Waals surface area contributed by atoms with Gasteiger partial charge in [-0.1, -0.05) is 26.0 Å². The lowest BCUT2D eigenvalue weighted by Gasteiger charge is -2.25. The number of rotatable bonds is 2. The quantitative estimate of drug-likeness (QED) is 0.703. The first-order chi connectivity index (χ1) is 8.11. The first-order valence-electron chi connectivity index (χ1n) is 6.51. The maximum absolute atomic E-state index is 5.81. The molecule has 1 saturated heterocycles. The van der Waals surface area contributed by atoms with Crippen molar-refractivity contribution in [2.24, 2.45) is 5.41 Å². The Balaban J connectivity index is 2.06. The molecule has 1 aromatic carbocycles. The molecule has 1 aromatic rings. The maximum atomic E-state index is 5.81. The second-order valence-corrected chi connectivity index (χ2v) is 6.07. The highest BCUT2D eigenvalue weighted by Gasteiger charge is 2.22. The Kier molecular flexibility index (Phi) is 3.98. The average molecular weight is 252 g/mol. The monoisotopic (exact) mass is 251 g/mol. The molecule has 2 heteroatoms. The minimum absolute atomic E-state index is 0.505. The molecule has 0 bridgehead atoms. The van der Waals surface area contributed by atoms with Crippen LogP contribution in [0, 0.1) is 5.41 Å². The van der Waals surface area contributed by atoms with E-state index in [9.17, 15) is 0 Å². The fourth-order valence-corrected chi connectivity index (χ4v) is 2.66. The molecule has 94 valence electrons. The SMILES string of the molecule is CC1(C)CCCN(c2ccc(CCl)cc2)CC1. The summed E-state index contributed by atoms with van der Waals surface area (Å²) in [7, 11) is 0. The van der Waals surface area contributed by atoms with Crippen LogP contribution < -0.4 is 4.90 Å². The predicted octanol–water partition coefficient (Wildman–Crippen LogP) is 4.44. The van der Waals surface area contributed by atoms with Gasteiger partial charge in [0.05, 0.1) is 0 Å². The molecule has 0 spiro atoms. The van der Waals surface area contributed by atoms with Gasteiger partial charge in [0.15, 0.2) is 0 Å². The summed E-state index contributed by atoms with van der Waals surface area (Å²) in [6.07, 6.45) is 3.91. The standard InChI is InChI=1S/C15H22ClN/c1-15(2)8-3-10-17(11-9-15)14-6-4-13(12-16)5-7-14/h4-7H,3,8-12H2,1-2H3. The molecule has 0 amide bonds. The molecule has 17 heavy (non-hydrogen) atoms. The smallest absolute Gasteiger partial charge is 0.0474 e. The van der Waals surface area contributed by atoms with Gasteiger partial charge in [-0.15, -0.1) is 11.6 Å². The van der Waals surface area contributed by atoms with E-state index in [4.69, 9.17) is 11.6 Å². The van der Waals surface area contributed by atoms with Crippen LogP contribution in [-0.2, 0) is 5.88 Å². The van der Waals surface area contributed by atoms with E-state index >= 15 is 0 Å². The highest BCUT2D eigenvalue weighted by Crippen LogP contribution is 2.31. The van der Waals surface area contributed by atoms with Crippen molar-refractivity contribution in [3.63, 3.8) is 0 Å². The number of nitrogens with zero attached hydrogens (tertiary/aromatic N) is 1. The number of halogens is 1. The molecular weight excluding hydrogens is 230 g/mol. The molecule has 0 N–H and O–H groups in total. The van der Waals surface area contributed by atoms with Crippen LogP contribution in [0.4, 0.5) is 5.69 Å². The second-order valence-electron chi connectivity index (χ2n) is 5.80. The van der Waals surface area contributed by atoms with Crippen LogP contribution in [0.15, 0.2) is 24.3 Å². The van der Waals surface area contributed by atoms with Crippen molar-refractivity contribution in [2.75, 3.05) is 18.0 Å². The second kappa shape index (κ2) is 5.30.